The Morgan fingerprint density at radius 3 is 2.67 bits per heavy atom. The number of hydrogen-bond acceptors (Lipinski definition) is 5. The summed E-state index contributed by atoms with van der Waals surface area (Å²) in [6, 6.07) is -0.211. The van der Waals surface area contributed by atoms with Crippen LogP contribution in [0, 0.1) is 5.92 Å². The van der Waals surface area contributed by atoms with E-state index in [1.54, 1.807) is 20.8 Å². The molecule has 0 saturated carbocycles. The van der Waals surface area contributed by atoms with Gasteiger partial charge in [0.2, 0.25) is 0 Å². The second-order valence-electron chi connectivity index (χ2n) is 9.10. The number of rotatable bonds is 2. The van der Waals surface area contributed by atoms with Crippen molar-refractivity contribution in [3.8, 4) is 0 Å². The number of ether oxygens (including phenoxy) is 2. The summed E-state index contributed by atoms with van der Waals surface area (Å²) in [6.07, 6.45) is -0.831. The maximum atomic E-state index is 15.1. The molecule has 1 N–H and O–H groups in total. The van der Waals surface area contributed by atoms with Crippen LogP contribution in [-0.2, 0) is 34.9 Å². The van der Waals surface area contributed by atoms with E-state index in [4.69, 9.17) is 4.74 Å². The molecule has 0 bridgehead atoms. The summed E-state index contributed by atoms with van der Waals surface area (Å²) < 4.78 is 41.6. The number of methoxy groups -OCH3 is 1. The van der Waals surface area contributed by atoms with Crippen LogP contribution in [0.5, 0.6) is 0 Å². The molecule has 0 saturated heterocycles. The first-order valence-electron chi connectivity index (χ1n) is 10.2. The number of carbonyl (C=O) groups excluding carboxylic acids is 2. The average molecular weight is 428 g/mol. The van der Waals surface area contributed by atoms with Crippen LogP contribution < -0.4 is 5.32 Å². The van der Waals surface area contributed by atoms with Crippen molar-refractivity contribution < 1.29 is 27.8 Å². The van der Waals surface area contributed by atoms with Crippen molar-refractivity contribution in [3.63, 3.8) is 0 Å². The van der Waals surface area contributed by atoms with Gasteiger partial charge in [-0.05, 0) is 40.0 Å². The number of aromatic nitrogens is 2. The van der Waals surface area contributed by atoms with Crippen molar-refractivity contribution >= 4 is 12.2 Å². The van der Waals surface area contributed by atoms with E-state index in [1.807, 2.05) is 6.92 Å². The van der Waals surface area contributed by atoms with Gasteiger partial charge in [0.15, 0.2) is 0 Å². The highest BCUT2D eigenvalue weighted by Crippen LogP contribution is 2.42. The van der Waals surface area contributed by atoms with Gasteiger partial charge < -0.3 is 19.7 Å². The minimum Gasteiger partial charge on any atom is -0.453 e. The van der Waals surface area contributed by atoms with E-state index in [1.165, 1.54) is 16.7 Å². The lowest BCUT2D eigenvalue weighted by atomic mass is 9.95. The van der Waals surface area contributed by atoms with Gasteiger partial charge in [-0.1, -0.05) is 0 Å². The summed E-state index contributed by atoms with van der Waals surface area (Å²) in [4.78, 5) is 25.5. The number of alkyl halides is 2. The van der Waals surface area contributed by atoms with E-state index in [9.17, 15) is 9.59 Å². The molecule has 0 aliphatic carbocycles. The lowest BCUT2D eigenvalue weighted by Gasteiger charge is -2.35. The van der Waals surface area contributed by atoms with Gasteiger partial charge in [-0.2, -0.15) is 13.9 Å². The molecule has 0 spiro atoms. The van der Waals surface area contributed by atoms with E-state index in [2.05, 4.69) is 15.2 Å². The maximum absolute atomic E-state index is 15.1. The molecule has 1 aromatic heterocycles. The van der Waals surface area contributed by atoms with E-state index in [-0.39, 0.29) is 50.1 Å². The van der Waals surface area contributed by atoms with Crippen LogP contribution in [-0.4, -0.2) is 52.2 Å². The van der Waals surface area contributed by atoms with E-state index >= 15 is 8.78 Å². The number of halogens is 2. The molecule has 1 aromatic rings. The summed E-state index contributed by atoms with van der Waals surface area (Å²) in [6.45, 7) is 7.71. The van der Waals surface area contributed by atoms with Crippen molar-refractivity contribution in [2.75, 3.05) is 13.7 Å². The van der Waals surface area contributed by atoms with Gasteiger partial charge in [0.1, 0.15) is 11.3 Å². The fourth-order valence-electron chi connectivity index (χ4n) is 4.01. The highest BCUT2D eigenvalue weighted by Gasteiger charge is 2.45. The molecule has 0 radical (unpaired) electrons. The molecule has 2 aliphatic rings. The molecule has 0 aromatic carbocycles. The predicted octanol–water partition coefficient (Wildman–Crippen LogP) is 3.42. The summed E-state index contributed by atoms with van der Waals surface area (Å²) >= 11 is 0. The molecule has 2 atom stereocenters. The van der Waals surface area contributed by atoms with Crippen LogP contribution >= 0.6 is 0 Å². The molecule has 0 fully saturated rings. The van der Waals surface area contributed by atoms with Crippen LogP contribution in [0.4, 0.5) is 18.4 Å². The zero-order valence-electron chi connectivity index (χ0n) is 18.1. The van der Waals surface area contributed by atoms with Crippen molar-refractivity contribution in [3.05, 3.63) is 17.0 Å². The first kappa shape index (κ1) is 22.3. The third kappa shape index (κ3) is 4.67. The normalized spacial score (nSPS) is 23.1. The van der Waals surface area contributed by atoms with Gasteiger partial charge >= 0.3 is 12.2 Å². The van der Waals surface area contributed by atoms with Gasteiger partial charge in [0.05, 0.1) is 19.3 Å². The first-order chi connectivity index (χ1) is 13.9. The fraction of sp³-hybridized carbons (Fsp3) is 0.750. The number of alkyl carbamates (subject to hydrolysis) is 1. The Balaban J connectivity index is 1.87. The number of nitrogens with zero attached hydrogens (tertiary/aromatic N) is 3. The number of carbonyl (C=O) groups is 2. The molecule has 168 valence electrons. The van der Waals surface area contributed by atoms with Crippen molar-refractivity contribution in [2.45, 2.75) is 77.6 Å². The second kappa shape index (κ2) is 8.03. The average Bonchev–Trinajstić information content (AvgIpc) is 2.92. The number of nitrogens with one attached hydrogen (secondary N) is 1. The third-order valence-corrected chi connectivity index (χ3v) is 5.48. The van der Waals surface area contributed by atoms with Gasteiger partial charge in [-0.3, -0.25) is 4.68 Å². The van der Waals surface area contributed by atoms with Gasteiger partial charge in [-0.15, -0.1) is 0 Å². The highest BCUT2D eigenvalue weighted by atomic mass is 19.3. The Morgan fingerprint density at radius 2 is 2.03 bits per heavy atom. The van der Waals surface area contributed by atoms with Gasteiger partial charge in [0, 0.05) is 37.5 Å². The minimum absolute atomic E-state index is 0.0431. The smallest absolute Gasteiger partial charge is 0.410 e. The lowest BCUT2D eigenvalue weighted by molar-refractivity contribution is -0.0230. The van der Waals surface area contributed by atoms with Crippen molar-refractivity contribution in [2.24, 2.45) is 5.92 Å². The molecule has 2 amide bonds. The molecular formula is C20H30F2N4O4. The molecule has 8 nitrogen and oxygen atoms in total. The Bertz CT molecular complexity index is 818. The maximum Gasteiger partial charge on any atom is 0.410 e. The van der Waals surface area contributed by atoms with Crippen LogP contribution in [0.3, 0.4) is 0 Å². The molecule has 2 aliphatic heterocycles. The SMILES string of the molecule is COC(=O)NCC1CCC(F)(F)c2c3c(nn2C1)C[C@@H](C)N(C(=O)OC(C)(C)C)C3. The quantitative estimate of drug-likeness (QED) is 0.780. The Labute approximate surface area is 174 Å². The number of fused-ring (bicyclic) bond motifs is 3. The number of hydrogen-bond donors (Lipinski definition) is 1. The fourth-order valence-corrected chi connectivity index (χ4v) is 4.01. The number of amides is 2. The van der Waals surface area contributed by atoms with E-state index in [0.717, 1.165) is 0 Å². The standard InChI is InChI=1S/C20H30F2N4O4/c1-12-8-15-14(11-25(12)18(28)30-19(2,3)4)16-20(21,22)7-6-13(10-26(16)24-15)9-23-17(27)29-5/h12-13H,6-11H2,1-5H3,(H,23,27)/t12-,13?/m1/s1. The van der Waals surface area contributed by atoms with Crippen LogP contribution in [0.15, 0.2) is 0 Å². The lowest BCUT2D eigenvalue weighted by Crippen LogP contribution is -2.45. The zero-order chi connectivity index (χ0) is 22.3. The molecule has 10 heteroatoms. The molecule has 3 heterocycles. The predicted molar refractivity (Wildman–Crippen MR) is 104 cm³/mol. The van der Waals surface area contributed by atoms with Crippen LogP contribution in [0.1, 0.15) is 57.5 Å². The largest absolute Gasteiger partial charge is 0.453 e. The summed E-state index contributed by atoms with van der Waals surface area (Å²) in [7, 11) is 1.26. The highest BCUT2D eigenvalue weighted by molar-refractivity contribution is 5.69. The van der Waals surface area contributed by atoms with Crippen LogP contribution in [0.2, 0.25) is 0 Å². The third-order valence-electron chi connectivity index (χ3n) is 5.48. The Hall–Kier alpha value is -2.39. The van der Waals surface area contributed by atoms with Crippen LogP contribution in [0.25, 0.3) is 0 Å². The summed E-state index contributed by atoms with van der Waals surface area (Å²) in [5.74, 6) is -3.27. The first-order valence-corrected chi connectivity index (χ1v) is 10.2. The monoisotopic (exact) mass is 428 g/mol. The Kier molecular flexibility index (Phi) is 5.97. The summed E-state index contributed by atoms with van der Waals surface area (Å²) in [5.41, 5.74) is 0.208. The van der Waals surface area contributed by atoms with Crippen molar-refractivity contribution in [1.82, 2.24) is 20.0 Å². The van der Waals surface area contributed by atoms with E-state index < -0.39 is 23.7 Å². The topological polar surface area (TPSA) is 85.7 Å². The minimum atomic E-state index is -3.07. The molecule has 30 heavy (non-hydrogen) atoms. The van der Waals surface area contributed by atoms with Gasteiger partial charge in [0.25, 0.3) is 5.92 Å². The molecular weight excluding hydrogens is 398 g/mol. The van der Waals surface area contributed by atoms with E-state index in [0.29, 0.717) is 17.7 Å². The molecule has 3 rings (SSSR count). The van der Waals surface area contributed by atoms with Gasteiger partial charge in [-0.25, -0.2) is 9.59 Å². The second-order valence-corrected chi connectivity index (χ2v) is 9.10. The Morgan fingerprint density at radius 1 is 1.33 bits per heavy atom. The zero-order valence-corrected chi connectivity index (χ0v) is 18.1. The van der Waals surface area contributed by atoms with Crippen molar-refractivity contribution in [1.29, 1.82) is 0 Å². The summed E-state index contributed by atoms with van der Waals surface area (Å²) in [5, 5.41) is 7.06. The molecule has 1 unspecified atom stereocenters.